The molecular formula is C49H97O12P. The van der Waals surface area contributed by atoms with E-state index in [0.29, 0.717) is 13.0 Å². The summed E-state index contributed by atoms with van der Waals surface area (Å²) >= 11 is 0. The standard InChI is InChI=1S/C49H97O12P/c1-3-5-7-9-11-13-15-17-19-21-23-25-27-29-31-33-35-37-39-58-40-42(41-59-62(56,57)61-49-47(54)45(52)44(51)46(53)48(49)55)60-43(50)38-36-34-32-30-28-26-24-22-20-18-16-14-12-10-8-6-4-2/h42,44-49,51-55H,3-41H2,1-2H3,(H,56,57). The summed E-state index contributed by atoms with van der Waals surface area (Å²) in [5.41, 5.74) is 0. The fourth-order valence-electron chi connectivity index (χ4n) is 8.36. The molecule has 0 aromatic carbocycles. The van der Waals surface area contributed by atoms with E-state index in [1.54, 1.807) is 0 Å². The van der Waals surface area contributed by atoms with Gasteiger partial charge in [0.05, 0.1) is 13.2 Å². The van der Waals surface area contributed by atoms with Gasteiger partial charge < -0.3 is 39.9 Å². The lowest BCUT2D eigenvalue weighted by Gasteiger charge is -2.41. The predicted molar refractivity (Wildman–Crippen MR) is 249 cm³/mol. The molecule has 0 aliphatic heterocycles. The van der Waals surface area contributed by atoms with Gasteiger partial charge in [0.2, 0.25) is 0 Å². The molecule has 13 heteroatoms. The zero-order chi connectivity index (χ0) is 45.5. The Kier molecular flexibility index (Phi) is 38.9. The van der Waals surface area contributed by atoms with Crippen LogP contribution in [0, 0.1) is 0 Å². The largest absolute Gasteiger partial charge is 0.472 e. The van der Waals surface area contributed by atoms with Crippen LogP contribution in [-0.2, 0) is 27.9 Å². The van der Waals surface area contributed by atoms with Crippen molar-refractivity contribution >= 4 is 13.8 Å². The van der Waals surface area contributed by atoms with Gasteiger partial charge in [0.25, 0.3) is 0 Å². The van der Waals surface area contributed by atoms with Crippen molar-refractivity contribution < 1.29 is 58.3 Å². The molecule has 62 heavy (non-hydrogen) atoms. The number of carbonyl (C=O) groups excluding carboxylic acids is 1. The number of rotatable bonds is 45. The Bertz CT molecular complexity index is 1040. The minimum atomic E-state index is -5.01. The van der Waals surface area contributed by atoms with E-state index in [0.717, 1.165) is 38.5 Å². The summed E-state index contributed by atoms with van der Waals surface area (Å²) in [6, 6.07) is 0. The van der Waals surface area contributed by atoms with Gasteiger partial charge in [-0.15, -0.1) is 0 Å². The van der Waals surface area contributed by atoms with Crippen LogP contribution in [-0.4, -0.2) is 98.9 Å². The maximum Gasteiger partial charge on any atom is 0.472 e. The van der Waals surface area contributed by atoms with E-state index in [9.17, 15) is 39.8 Å². The molecule has 1 rings (SSSR count). The first-order valence-electron chi connectivity index (χ1n) is 25.9. The van der Waals surface area contributed by atoms with Gasteiger partial charge >= 0.3 is 13.8 Å². The summed E-state index contributed by atoms with van der Waals surface area (Å²) in [6.45, 7) is 4.32. The van der Waals surface area contributed by atoms with E-state index in [-0.39, 0.29) is 13.0 Å². The molecule has 0 aromatic rings. The van der Waals surface area contributed by atoms with Crippen LogP contribution in [0.5, 0.6) is 0 Å². The molecule has 6 unspecified atom stereocenters. The van der Waals surface area contributed by atoms with Gasteiger partial charge in [-0.2, -0.15) is 0 Å². The van der Waals surface area contributed by atoms with Crippen molar-refractivity contribution in [2.24, 2.45) is 0 Å². The fourth-order valence-corrected chi connectivity index (χ4v) is 9.33. The Morgan fingerprint density at radius 1 is 0.452 bits per heavy atom. The molecule has 0 radical (unpaired) electrons. The number of aliphatic hydroxyl groups excluding tert-OH is 5. The molecule has 0 amide bonds. The van der Waals surface area contributed by atoms with Crippen LogP contribution in [0.25, 0.3) is 0 Å². The zero-order valence-electron chi connectivity index (χ0n) is 39.7. The van der Waals surface area contributed by atoms with Crippen molar-refractivity contribution in [3.05, 3.63) is 0 Å². The third kappa shape index (κ3) is 32.1. The highest BCUT2D eigenvalue weighted by Gasteiger charge is 2.51. The van der Waals surface area contributed by atoms with E-state index < -0.39 is 63.1 Å². The second-order valence-electron chi connectivity index (χ2n) is 18.4. The van der Waals surface area contributed by atoms with Crippen molar-refractivity contribution in [2.45, 2.75) is 288 Å². The number of phosphoric acid groups is 1. The lowest BCUT2D eigenvalue weighted by molar-refractivity contribution is -0.220. The number of ether oxygens (including phenoxy) is 2. The highest BCUT2D eigenvalue weighted by Crippen LogP contribution is 2.47. The highest BCUT2D eigenvalue weighted by molar-refractivity contribution is 7.47. The Morgan fingerprint density at radius 2 is 0.758 bits per heavy atom. The van der Waals surface area contributed by atoms with Crippen LogP contribution >= 0.6 is 7.82 Å². The molecule has 0 heterocycles. The molecule has 0 spiro atoms. The average molecular weight is 909 g/mol. The molecular weight excluding hydrogens is 812 g/mol. The zero-order valence-corrected chi connectivity index (χ0v) is 40.6. The Balaban J connectivity index is 2.32. The SMILES string of the molecule is CCCCCCCCCCCCCCCCCCCCOCC(COP(=O)(O)OC1C(O)C(O)C(O)C(O)C1O)OC(=O)CCCCCCCCCCCCCCCCCCC. The second kappa shape index (κ2) is 40.6. The first kappa shape index (κ1) is 59.4. The molecule has 6 N–H and O–H groups in total. The summed E-state index contributed by atoms with van der Waals surface area (Å²) in [5.74, 6) is -0.469. The molecule has 0 bridgehead atoms. The normalized spacial score (nSPS) is 21.9. The van der Waals surface area contributed by atoms with E-state index in [4.69, 9.17) is 18.5 Å². The van der Waals surface area contributed by atoms with Crippen LogP contribution in [0.1, 0.15) is 245 Å². The number of hydrogen-bond donors (Lipinski definition) is 6. The van der Waals surface area contributed by atoms with Crippen LogP contribution in [0.15, 0.2) is 0 Å². The van der Waals surface area contributed by atoms with Gasteiger partial charge in [0, 0.05) is 13.0 Å². The summed E-state index contributed by atoms with van der Waals surface area (Å²) in [7, 11) is -5.01. The number of carbonyl (C=O) groups is 1. The molecule has 1 aliphatic rings. The molecule has 370 valence electrons. The van der Waals surface area contributed by atoms with Crippen molar-refractivity contribution in [3.8, 4) is 0 Å². The Labute approximate surface area is 378 Å². The van der Waals surface area contributed by atoms with Gasteiger partial charge in [-0.25, -0.2) is 4.57 Å². The summed E-state index contributed by atoms with van der Waals surface area (Å²) in [4.78, 5) is 23.2. The molecule has 1 aliphatic carbocycles. The quantitative estimate of drug-likeness (QED) is 0.0193. The topological polar surface area (TPSA) is 192 Å². The van der Waals surface area contributed by atoms with E-state index >= 15 is 0 Å². The predicted octanol–water partition coefficient (Wildman–Crippen LogP) is 11.3. The van der Waals surface area contributed by atoms with Crippen LogP contribution < -0.4 is 0 Å². The van der Waals surface area contributed by atoms with Gasteiger partial charge in [0.15, 0.2) is 0 Å². The second-order valence-corrected chi connectivity index (χ2v) is 19.8. The Hall–Kier alpha value is -0.660. The third-order valence-corrected chi connectivity index (χ3v) is 13.5. The maximum absolute atomic E-state index is 12.8. The smallest absolute Gasteiger partial charge is 0.457 e. The van der Waals surface area contributed by atoms with E-state index in [1.807, 2.05) is 0 Å². The highest BCUT2D eigenvalue weighted by atomic mass is 31.2. The lowest BCUT2D eigenvalue weighted by atomic mass is 9.85. The number of hydrogen-bond acceptors (Lipinski definition) is 11. The van der Waals surface area contributed by atoms with Crippen molar-refractivity contribution in [2.75, 3.05) is 19.8 Å². The van der Waals surface area contributed by atoms with Crippen molar-refractivity contribution in [3.63, 3.8) is 0 Å². The molecule has 1 fully saturated rings. The Morgan fingerprint density at radius 3 is 1.11 bits per heavy atom. The van der Waals surface area contributed by atoms with Crippen molar-refractivity contribution in [1.29, 1.82) is 0 Å². The van der Waals surface area contributed by atoms with Gasteiger partial charge in [0.1, 0.15) is 42.7 Å². The molecule has 0 saturated heterocycles. The maximum atomic E-state index is 12.8. The molecule has 6 atom stereocenters. The van der Waals surface area contributed by atoms with Gasteiger partial charge in [-0.3, -0.25) is 13.8 Å². The third-order valence-electron chi connectivity index (χ3n) is 12.5. The van der Waals surface area contributed by atoms with E-state index in [1.165, 1.54) is 180 Å². The fraction of sp³-hybridized carbons (Fsp3) is 0.980. The van der Waals surface area contributed by atoms with Gasteiger partial charge in [-0.1, -0.05) is 226 Å². The average Bonchev–Trinajstić information content (AvgIpc) is 3.26. The molecule has 12 nitrogen and oxygen atoms in total. The van der Waals surface area contributed by atoms with Gasteiger partial charge in [-0.05, 0) is 12.8 Å². The lowest BCUT2D eigenvalue weighted by Crippen LogP contribution is -2.64. The van der Waals surface area contributed by atoms with Crippen LogP contribution in [0.2, 0.25) is 0 Å². The molecule has 0 aromatic heterocycles. The van der Waals surface area contributed by atoms with Crippen molar-refractivity contribution in [1.82, 2.24) is 0 Å². The minimum absolute atomic E-state index is 0.0674. The number of unbranched alkanes of at least 4 members (excludes halogenated alkanes) is 33. The monoisotopic (exact) mass is 909 g/mol. The number of phosphoric ester groups is 1. The summed E-state index contributed by atoms with van der Waals surface area (Å²) in [5, 5.41) is 50.3. The minimum Gasteiger partial charge on any atom is -0.457 e. The summed E-state index contributed by atoms with van der Waals surface area (Å²) in [6.07, 6.45) is 31.7. The summed E-state index contributed by atoms with van der Waals surface area (Å²) < 4.78 is 34.3. The van der Waals surface area contributed by atoms with E-state index in [2.05, 4.69) is 13.8 Å². The first-order valence-corrected chi connectivity index (χ1v) is 27.4. The number of aliphatic hydroxyl groups is 5. The first-order chi connectivity index (χ1) is 30.0. The van der Waals surface area contributed by atoms with Crippen LogP contribution in [0.4, 0.5) is 0 Å². The van der Waals surface area contributed by atoms with Crippen LogP contribution in [0.3, 0.4) is 0 Å². The number of esters is 1. The molecule has 1 saturated carbocycles.